The second-order valence-electron chi connectivity index (χ2n) is 7.79. The molecule has 1 saturated heterocycles. The Morgan fingerprint density at radius 1 is 1.24 bits per heavy atom. The summed E-state index contributed by atoms with van der Waals surface area (Å²) in [5.74, 6) is 0.0545. The Bertz CT molecular complexity index is 1010. The summed E-state index contributed by atoms with van der Waals surface area (Å²) in [5, 5.41) is 4.29. The number of aromatic nitrogens is 3. The molecule has 1 fully saturated rings. The zero-order valence-electron chi connectivity index (χ0n) is 16.8. The van der Waals surface area contributed by atoms with Crippen molar-refractivity contribution in [2.24, 2.45) is 7.05 Å². The minimum absolute atomic E-state index is 0.0445. The second kappa shape index (κ2) is 8.15. The fourth-order valence-corrected chi connectivity index (χ4v) is 4.05. The van der Waals surface area contributed by atoms with Crippen LogP contribution in [-0.4, -0.2) is 38.7 Å². The highest BCUT2D eigenvalue weighted by molar-refractivity contribution is 5.95. The molecular weight excluding hydrogens is 367 g/mol. The number of nitrogens with zero attached hydrogens (tertiary/aromatic N) is 4. The largest absolute Gasteiger partial charge is 0.338 e. The van der Waals surface area contributed by atoms with Gasteiger partial charge in [0.05, 0.1) is 11.3 Å². The van der Waals surface area contributed by atoms with Gasteiger partial charge in [0.2, 0.25) is 0 Å². The molecule has 4 rings (SSSR count). The van der Waals surface area contributed by atoms with Gasteiger partial charge >= 0.3 is 0 Å². The van der Waals surface area contributed by atoms with Crippen LogP contribution in [0.5, 0.6) is 0 Å². The standard InChI is InChI=1S/C23H25FN4O/c1-16-21(15-27(2)26-16)23(29)28-10-4-6-19(14-28)22-9-8-18(13-25-22)11-17-5-3-7-20(24)12-17/h3,5,7-9,12-13,15,19H,4,6,10-11,14H2,1-2H3/t19-/m0/s1. The van der Waals surface area contributed by atoms with Crippen molar-refractivity contribution in [3.05, 3.63) is 82.7 Å². The topological polar surface area (TPSA) is 51.0 Å². The number of carbonyl (C=O) groups is 1. The summed E-state index contributed by atoms with van der Waals surface area (Å²) in [7, 11) is 1.83. The Balaban J connectivity index is 1.44. The Hall–Kier alpha value is -3.02. The maximum Gasteiger partial charge on any atom is 0.257 e. The van der Waals surface area contributed by atoms with E-state index in [0.717, 1.165) is 41.9 Å². The van der Waals surface area contributed by atoms with Crippen LogP contribution in [0.15, 0.2) is 48.8 Å². The summed E-state index contributed by atoms with van der Waals surface area (Å²) < 4.78 is 15.1. The minimum atomic E-state index is -0.220. The molecule has 0 aliphatic carbocycles. The number of aryl methyl sites for hydroxylation is 2. The molecule has 1 aliphatic rings. The van der Waals surface area contributed by atoms with Gasteiger partial charge in [0.15, 0.2) is 0 Å². The maximum absolute atomic E-state index is 13.4. The number of likely N-dealkylation sites (tertiary alicyclic amines) is 1. The van der Waals surface area contributed by atoms with Gasteiger partial charge in [0.1, 0.15) is 5.82 Å². The van der Waals surface area contributed by atoms with Crippen molar-refractivity contribution in [1.29, 1.82) is 0 Å². The minimum Gasteiger partial charge on any atom is -0.338 e. The molecule has 0 radical (unpaired) electrons. The molecule has 2 aromatic heterocycles. The summed E-state index contributed by atoms with van der Waals surface area (Å²) in [6.45, 7) is 3.30. The number of pyridine rings is 1. The van der Waals surface area contributed by atoms with Crippen molar-refractivity contribution in [3.8, 4) is 0 Å². The molecule has 0 N–H and O–H groups in total. The molecule has 0 bridgehead atoms. The Morgan fingerprint density at radius 2 is 2.10 bits per heavy atom. The summed E-state index contributed by atoms with van der Waals surface area (Å²) >= 11 is 0. The molecule has 5 nitrogen and oxygen atoms in total. The summed E-state index contributed by atoms with van der Waals surface area (Å²) in [6, 6.07) is 10.8. The van der Waals surface area contributed by atoms with E-state index >= 15 is 0 Å². The van der Waals surface area contributed by atoms with E-state index in [9.17, 15) is 9.18 Å². The third-order valence-electron chi connectivity index (χ3n) is 5.52. The van der Waals surface area contributed by atoms with Crippen LogP contribution in [0.2, 0.25) is 0 Å². The molecule has 1 amide bonds. The van der Waals surface area contributed by atoms with E-state index in [0.29, 0.717) is 18.5 Å². The van der Waals surface area contributed by atoms with Crippen molar-refractivity contribution < 1.29 is 9.18 Å². The van der Waals surface area contributed by atoms with Crippen LogP contribution < -0.4 is 0 Å². The van der Waals surface area contributed by atoms with Gasteiger partial charge in [-0.05, 0) is 55.5 Å². The first-order valence-corrected chi connectivity index (χ1v) is 9.98. The van der Waals surface area contributed by atoms with E-state index in [1.807, 2.05) is 37.2 Å². The van der Waals surface area contributed by atoms with Crippen LogP contribution in [0, 0.1) is 12.7 Å². The van der Waals surface area contributed by atoms with Crippen molar-refractivity contribution in [1.82, 2.24) is 19.7 Å². The number of carbonyl (C=O) groups excluding carboxylic acids is 1. The monoisotopic (exact) mass is 392 g/mol. The van der Waals surface area contributed by atoms with Crippen LogP contribution >= 0.6 is 0 Å². The molecule has 6 heteroatoms. The smallest absolute Gasteiger partial charge is 0.257 e. The fraction of sp³-hybridized carbons (Fsp3) is 0.348. The van der Waals surface area contributed by atoms with Crippen LogP contribution in [0.25, 0.3) is 0 Å². The molecule has 0 spiro atoms. The SMILES string of the molecule is Cc1nn(C)cc1C(=O)N1CCC[C@H](c2ccc(Cc3cccc(F)c3)cn2)C1. The van der Waals surface area contributed by atoms with E-state index in [1.165, 1.54) is 6.07 Å². The third kappa shape index (κ3) is 4.36. The maximum atomic E-state index is 13.4. The Morgan fingerprint density at radius 3 is 2.79 bits per heavy atom. The molecule has 0 unspecified atom stereocenters. The first-order chi connectivity index (χ1) is 14.0. The number of halogens is 1. The number of rotatable bonds is 4. The molecule has 150 valence electrons. The van der Waals surface area contributed by atoms with Gasteiger partial charge in [0.25, 0.3) is 5.91 Å². The lowest BCUT2D eigenvalue weighted by Crippen LogP contribution is -2.39. The number of piperidine rings is 1. The lowest BCUT2D eigenvalue weighted by atomic mass is 9.93. The van der Waals surface area contributed by atoms with Gasteiger partial charge in [0, 0.05) is 44.1 Å². The molecule has 1 aromatic carbocycles. The average molecular weight is 392 g/mol. The van der Waals surface area contributed by atoms with Gasteiger partial charge in [-0.1, -0.05) is 18.2 Å². The van der Waals surface area contributed by atoms with Crippen LogP contribution in [0.3, 0.4) is 0 Å². The van der Waals surface area contributed by atoms with Crippen molar-refractivity contribution in [2.75, 3.05) is 13.1 Å². The highest BCUT2D eigenvalue weighted by Gasteiger charge is 2.27. The van der Waals surface area contributed by atoms with Crippen LogP contribution in [0.1, 0.15) is 51.6 Å². The molecule has 29 heavy (non-hydrogen) atoms. The van der Waals surface area contributed by atoms with E-state index in [2.05, 4.69) is 16.1 Å². The lowest BCUT2D eigenvalue weighted by molar-refractivity contribution is 0.0705. The van der Waals surface area contributed by atoms with Gasteiger partial charge in [-0.3, -0.25) is 14.5 Å². The van der Waals surface area contributed by atoms with E-state index in [-0.39, 0.29) is 17.6 Å². The van der Waals surface area contributed by atoms with E-state index in [1.54, 1.807) is 23.0 Å². The second-order valence-corrected chi connectivity index (χ2v) is 7.79. The quantitative estimate of drug-likeness (QED) is 0.677. The van der Waals surface area contributed by atoms with Gasteiger partial charge in [-0.15, -0.1) is 0 Å². The molecule has 1 aliphatic heterocycles. The Labute approximate surface area is 170 Å². The zero-order chi connectivity index (χ0) is 20.4. The number of hydrogen-bond donors (Lipinski definition) is 0. The molecule has 0 saturated carbocycles. The highest BCUT2D eigenvalue weighted by atomic mass is 19.1. The van der Waals surface area contributed by atoms with Crippen molar-refractivity contribution in [2.45, 2.75) is 32.1 Å². The average Bonchev–Trinajstić information content (AvgIpc) is 3.06. The van der Waals surface area contributed by atoms with Gasteiger partial charge in [-0.2, -0.15) is 5.10 Å². The number of benzene rings is 1. The van der Waals surface area contributed by atoms with Gasteiger partial charge < -0.3 is 4.90 Å². The van der Waals surface area contributed by atoms with Crippen molar-refractivity contribution >= 4 is 5.91 Å². The molecule has 1 atom stereocenters. The number of amides is 1. The first kappa shape index (κ1) is 19.3. The third-order valence-corrected chi connectivity index (χ3v) is 5.52. The van der Waals surface area contributed by atoms with Crippen LogP contribution in [0.4, 0.5) is 4.39 Å². The number of hydrogen-bond acceptors (Lipinski definition) is 3. The van der Waals surface area contributed by atoms with Gasteiger partial charge in [-0.25, -0.2) is 4.39 Å². The van der Waals surface area contributed by atoms with Crippen LogP contribution in [-0.2, 0) is 13.5 Å². The zero-order valence-corrected chi connectivity index (χ0v) is 16.8. The fourth-order valence-electron chi connectivity index (χ4n) is 4.05. The highest BCUT2D eigenvalue weighted by Crippen LogP contribution is 2.27. The molecule has 3 heterocycles. The van der Waals surface area contributed by atoms with E-state index in [4.69, 9.17) is 0 Å². The normalized spacial score (nSPS) is 16.8. The first-order valence-electron chi connectivity index (χ1n) is 9.98. The molecule has 3 aromatic rings. The van der Waals surface area contributed by atoms with Crippen molar-refractivity contribution in [3.63, 3.8) is 0 Å². The predicted molar refractivity (Wildman–Crippen MR) is 109 cm³/mol. The Kier molecular flexibility index (Phi) is 5.43. The summed E-state index contributed by atoms with van der Waals surface area (Å²) in [4.78, 5) is 19.5. The predicted octanol–water partition coefficient (Wildman–Crippen LogP) is 3.87. The molecular formula is C23H25FN4O. The summed E-state index contributed by atoms with van der Waals surface area (Å²) in [5.41, 5.74) is 4.43. The summed E-state index contributed by atoms with van der Waals surface area (Å²) in [6.07, 6.45) is 6.29. The lowest BCUT2D eigenvalue weighted by Gasteiger charge is -2.32. The van der Waals surface area contributed by atoms with E-state index < -0.39 is 0 Å².